The number of halogens is 2. The minimum absolute atomic E-state index is 0.182. The van der Waals surface area contributed by atoms with E-state index in [2.05, 4.69) is 5.32 Å². The summed E-state index contributed by atoms with van der Waals surface area (Å²) in [5.41, 5.74) is 0. The maximum Gasteiger partial charge on any atom is 0.306 e. The van der Waals surface area contributed by atoms with Gasteiger partial charge in [0.05, 0.1) is 11.6 Å². The smallest absolute Gasteiger partial charge is 0.306 e. The Balaban J connectivity index is 1.56. The fourth-order valence-corrected chi connectivity index (χ4v) is 3.01. The number of rotatable bonds is 8. The molecule has 0 atom stereocenters. The van der Waals surface area contributed by atoms with Crippen molar-refractivity contribution in [3.05, 3.63) is 28.2 Å². The Hall–Kier alpha value is -1.46. The van der Waals surface area contributed by atoms with Gasteiger partial charge in [-0.1, -0.05) is 36.0 Å². The molecule has 1 aromatic rings. The van der Waals surface area contributed by atoms with Gasteiger partial charge in [-0.25, -0.2) is 0 Å². The Labute approximate surface area is 151 Å². The molecular weight excluding hydrogens is 353 g/mol. The average molecular weight is 374 g/mol. The van der Waals surface area contributed by atoms with E-state index in [-0.39, 0.29) is 25.0 Å². The predicted octanol–water partition coefficient (Wildman–Crippen LogP) is 3.75. The number of esters is 1. The molecule has 5 nitrogen and oxygen atoms in total. The molecule has 0 aromatic heterocycles. The molecule has 1 N–H and O–H groups in total. The Kier molecular flexibility index (Phi) is 7.66. The van der Waals surface area contributed by atoms with Crippen molar-refractivity contribution < 1.29 is 19.1 Å². The molecule has 0 heterocycles. The van der Waals surface area contributed by atoms with Crippen molar-refractivity contribution in [1.29, 1.82) is 0 Å². The zero-order valence-corrected chi connectivity index (χ0v) is 14.9. The molecule has 0 aliphatic heterocycles. The third-order valence-electron chi connectivity index (χ3n) is 3.76. The molecule has 2 rings (SSSR count). The van der Waals surface area contributed by atoms with Crippen molar-refractivity contribution in [1.82, 2.24) is 5.32 Å². The second-order valence-corrected chi connectivity index (χ2v) is 6.58. The van der Waals surface area contributed by atoms with Crippen LogP contribution in [-0.2, 0) is 14.3 Å². The van der Waals surface area contributed by atoms with E-state index in [1.54, 1.807) is 18.2 Å². The Morgan fingerprint density at radius 3 is 2.67 bits per heavy atom. The topological polar surface area (TPSA) is 64.6 Å². The zero-order chi connectivity index (χ0) is 17.4. The van der Waals surface area contributed by atoms with Gasteiger partial charge in [0.2, 0.25) is 0 Å². The van der Waals surface area contributed by atoms with Crippen molar-refractivity contribution in [2.24, 2.45) is 0 Å². The molecule has 1 aliphatic rings. The number of hydrogen-bond acceptors (Lipinski definition) is 4. The molecule has 1 fully saturated rings. The fourth-order valence-electron chi connectivity index (χ4n) is 2.55. The molecule has 0 saturated heterocycles. The van der Waals surface area contributed by atoms with Gasteiger partial charge < -0.3 is 14.8 Å². The van der Waals surface area contributed by atoms with Gasteiger partial charge in [-0.15, -0.1) is 0 Å². The number of ether oxygens (including phenoxy) is 2. The lowest BCUT2D eigenvalue weighted by Gasteiger charge is -2.12. The van der Waals surface area contributed by atoms with Crippen molar-refractivity contribution in [2.45, 2.75) is 44.6 Å². The van der Waals surface area contributed by atoms with E-state index in [9.17, 15) is 9.59 Å². The number of carbonyl (C=O) groups is 2. The van der Waals surface area contributed by atoms with Crippen LogP contribution in [-0.4, -0.2) is 31.1 Å². The van der Waals surface area contributed by atoms with E-state index in [1.807, 2.05) is 0 Å². The van der Waals surface area contributed by atoms with Crippen molar-refractivity contribution in [2.75, 3.05) is 13.2 Å². The lowest BCUT2D eigenvalue weighted by Crippen LogP contribution is -2.35. The monoisotopic (exact) mass is 373 g/mol. The fraction of sp³-hybridized carbons (Fsp3) is 0.529. The molecular formula is C17H21Cl2NO4. The summed E-state index contributed by atoms with van der Waals surface area (Å²) in [5.74, 6) is -0.132. The van der Waals surface area contributed by atoms with Crippen LogP contribution in [0.5, 0.6) is 5.75 Å². The maximum absolute atomic E-state index is 11.6. The summed E-state index contributed by atoms with van der Waals surface area (Å²) in [5, 5.41) is 3.83. The largest absolute Gasteiger partial charge is 0.492 e. The van der Waals surface area contributed by atoms with Crippen LogP contribution >= 0.6 is 23.2 Å². The summed E-state index contributed by atoms with van der Waals surface area (Å²) < 4.78 is 10.4. The molecule has 24 heavy (non-hydrogen) atoms. The van der Waals surface area contributed by atoms with Crippen LogP contribution in [0, 0.1) is 0 Å². The van der Waals surface area contributed by atoms with Gasteiger partial charge >= 0.3 is 5.97 Å². The SMILES string of the molecule is O=C(COC(=O)CCCOc1ccc(Cl)cc1Cl)NC1CCCC1. The van der Waals surface area contributed by atoms with Gasteiger partial charge in [-0.2, -0.15) is 0 Å². The average Bonchev–Trinajstić information content (AvgIpc) is 3.04. The summed E-state index contributed by atoms with van der Waals surface area (Å²) in [6.07, 6.45) is 4.95. The lowest BCUT2D eigenvalue weighted by atomic mass is 10.2. The van der Waals surface area contributed by atoms with E-state index < -0.39 is 5.97 Å². The van der Waals surface area contributed by atoms with Gasteiger partial charge in [-0.05, 0) is 37.5 Å². The first kappa shape index (κ1) is 18.9. The third kappa shape index (κ3) is 6.57. The minimum Gasteiger partial charge on any atom is -0.492 e. The summed E-state index contributed by atoms with van der Waals surface area (Å²) in [7, 11) is 0. The maximum atomic E-state index is 11.6. The number of benzene rings is 1. The molecule has 1 aromatic carbocycles. The molecule has 1 amide bonds. The van der Waals surface area contributed by atoms with E-state index in [0.717, 1.165) is 25.7 Å². The first-order chi connectivity index (χ1) is 11.5. The van der Waals surface area contributed by atoms with Crippen molar-refractivity contribution in [3.63, 3.8) is 0 Å². The number of carbonyl (C=O) groups excluding carboxylic acids is 2. The van der Waals surface area contributed by atoms with E-state index in [0.29, 0.717) is 28.8 Å². The van der Waals surface area contributed by atoms with Gasteiger partial charge in [0.25, 0.3) is 5.91 Å². The number of nitrogens with one attached hydrogen (secondary N) is 1. The van der Waals surface area contributed by atoms with E-state index in [4.69, 9.17) is 32.7 Å². The normalized spacial score (nSPS) is 14.4. The highest BCUT2D eigenvalue weighted by Gasteiger charge is 2.17. The Bertz CT molecular complexity index is 574. The molecule has 1 saturated carbocycles. The molecule has 1 aliphatic carbocycles. The molecule has 7 heteroatoms. The lowest BCUT2D eigenvalue weighted by molar-refractivity contribution is -0.148. The van der Waals surface area contributed by atoms with Crippen LogP contribution in [0.15, 0.2) is 18.2 Å². The van der Waals surface area contributed by atoms with Crippen LogP contribution in [0.2, 0.25) is 10.0 Å². The van der Waals surface area contributed by atoms with E-state index >= 15 is 0 Å². The predicted molar refractivity (Wildman–Crippen MR) is 92.5 cm³/mol. The summed E-state index contributed by atoms with van der Waals surface area (Å²) in [4.78, 5) is 23.3. The quantitative estimate of drug-likeness (QED) is 0.556. The van der Waals surface area contributed by atoms with Crippen molar-refractivity contribution >= 4 is 35.1 Å². The third-order valence-corrected chi connectivity index (χ3v) is 4.29. The van der Waals surface area contributed by atoms with Gasteiger partial charge in [0.1, 0.15) is 5.75 Å². The van der Waals surface area contributed by atoms with Crippen molar-refractivity contribution in [3.8, 4) is 5.75 Å². The highest BCUT2D eigenvalue weighted by Crippen LogP contribution is 2.27. The highest BCUT2D eigenvalue weighted by atomic mass is 35.5. The molecule has 0 radical (unpaired) electrons. The van der Waals surface area contributed by atoms with Gasteiger partial charge in [-0.3, -0.25) is 9.59 Å². The minimum atomic E-state index is -0.414. The van der Waals surface area contributed by atoms with E-state index in [1.165, 1.54) is 0 Å². The molecule has 0 unspecified atom stereocenters. The van der Waals surface area contributed by atoms with Crippen LogP contribution in [0.4, 0.5) is 0 Å². The molecule has 0 bridgehead atoms. The summed E-state index contributed by atoms with van der Waals surface area (Å²) >= 11 is 11.8. The van der Waals surface area contributed by atoms with Gasteiger partial charge in [0.15, 0.2) is 6.61 Å². The Morgan fingerprint density at radius 2 is 1.96 bits per heavy atom. The molecule has 0 spiro atoms. The summed E-state index contributed by atoms with van der Waals surface area (Å²) in [6, 6.07) is 5.18. The first-order valence-corrected chi connectivity index (χ1v) is 8.83. The molecule has 132 valence electrons. The first-order valence-electron chi connectivity index (χ1n) is 8.07. The summed E-state index contributed by atoms with van der Waals surface area (Å²) in [6.45, 7) is 0.101. The highest BCUT2D eigenvalue weighted by molar-refractivity contribution is 6.35. The van der Waals surface area contributed by atoms with Crippen LogP contribution < -0.4 is 10.1 Å². The number of hydrogen-bond donors (Lipinski definition) is 1. The standard InChI is InChI=1S/C17H21Cl2NO4/c18-12-7-8-15(14(19)10-12)23-9-3-6-17(22)24-11-16(21)20-13-4-1-2-5-13/h7-8,10,13H,1-6,9,11H2,(H,20,21). The second kappa shape index (κ2) is 9.74. The number of amides is 1. The van der Waals surface area contributed by atoms with Crippen LogP contribution in [0.25, 0.3) is 0 Å². The second-order valence-electron chi connectivity index (χ2n) is 5.74. The van der Waals surface area contributed by atoms with Crippen LogP contribution in [0.3, 0.4) is 0 Å². The Morgan fingerprint density at radius 1 is 1.21 bits per heavy atom. The zero-order valence-electron chi connectivity index (χ0n) is 13.4. The van der Waals surface area contributed by atoms with Gasteiger partial charge in [0, 0.05) is 17.5 Å². The van der Waals surface area contributed by atoms with Crippen LogP contribution in [0.1, 0.15) is 38.5 Å².